The summed E-state index contributed by atoms with van der Waals surface area (Å²) >= 11 is 1.24. The molecule has 0 aromatic heterocycles. The summed E-state index contributed by atoms with van der Waals surface area (Å²) in [6.07, 6.45) is 34.5. The van der Waals surface area contributed by atoms with Crippen LogP contribution >= 0.6 is 11.8 Å². The number of rotatable bonds is 45. The molecule has 13 nitrogen and oxygen atoms in total. The predicted octanol–water partition coefficient (Wildman–Crippen LogP) is 13.6. The van der Waals surface area contributed by atoms with Gasteiger partial charge in [-0.3, -0.25) is 19.2 Å². The Labute approximate surface area is 431 Å². The van der Waals surface area contributed by atoms with Crippen molar-refractivity contribution in [2.75, 3.05) is 24.7 Å². The Bertz CT molecular complexity index is 1370. The average molecular weight is 1010 g/mol. The molecule has 0 aliphatic rings. The lowest BCUT2D eigenvalue weighted by Gasteiger charge is -2.26. The SMILES string of the molecule is CCCCCCCCCCCCCCCCCCNC(=O)OC[C@H](CSC[C@H](NC(C)=O)C(=O)N[C@@H](CCC(=O)OC(C)(C)C)C(=O)OC(C)(C)C)OC(=O)CCCCCCCCCCCCCCC. The van der Waals surface area contributed by atoms with Crippen LogP contribution in [-0.2, 0) is 42.9 Å². The highest BCUT2D eigenvalue weighted by Gasteiger charge is 2.31. The highest BCUT2D eigenvalue weighted by Crippen LogP contribution is 2.18. The minimum Gasteiger partial charge on any atom is -0.460 e. The van der Waals surface area contributed by atoms with Crippen molar-refractivity contribution in [3.8, 4) is 0 Å². The van der Waals surface area contributed by atoms with Gasteiger partial charge in [-0.25, -0.2) is 9.59 Å². The van der Waals surface area contributed by atoms with E-state index in [0.29, 0.717) is 13.0 Å². The van der Waals surface area contributed by atoms with Crippen LogP contribution in [0.1, 0.15) is 268 Å². The Morgan fingerprint density at radius 2 is 0.914 bits per heavy atom. The first-order valence-electron chi connectivity index (χ1n) is 28.1. The molecule has 0 fully saturated rings. The van der Waals surface area contributed by atoms with Gasteiger partial charge in [0.2, 0.25) is 11.8 Å². The van der Waals surface area contributed by atoms with Gasteiger partial charge in [0.15, 0.2) is 0 Å². The van der Waals surface area contributed by atoms with E-state index in [1.165, 1.54) is 160 Å². The molecule has 0 aliphatic heterocycles. The van der Waals surface area contributed by atoms with E-state index in [-0.39, 0.29) is 43.3 Å². The number of esters is 3. The number of ether oxygens (including phenoxy) is 4. The molecule has 410 valence electrons. The van der Waals surface area contributed by atoms with E-state index in [1.54, 1.807) is 41.5 Å². The van der Waals surface area contributed by atoms with Crippen LogP contribution in [0.15, 0.2) is 0 Å². The molecule has 0 rings (SSSR count). The average Bonchev–Trinajstić information content (AvgIpc) is 3.27. The first-order valence-corrected chi connectivity index (χ1v) is 29.2. The summed E-state index contributed by atoms with van der Waals surface area (Å²) in [5.41, 5.74) is -1.59. The maximum atomic E-state index is 13.7. The normalized spacial score (nSPS) is 12.9. The van der Waals surface area contributed by atoms with Gasteiger partial charge in [0.25, 0.3) is 0 Å². The molecule has 0 unspecified atom stereocenters. The molecule has 0 aromatic rings. The lowest BCUT2D eigenvalue weighted by Crippen LogP contribution is -2.53. The molecule has 0 radical (unpaired) electrons. The summed E-state index contributed by atoms with van der Waals surface area (Å²) in [5.74, 6) is -2.52. The number of thioether (sulfide) groups is 1. The highest BCUT2D eigenvalue weighted by molar-refractivity contribution is 7.99. The van der Waals surface area contributed by atoms with E-state index in [9.17, 15) is 28.8 Å². The van der Waals surface area contributed by atoms with Gasteiger partial charge in [-0.1, -0.05) is 187 Å². The number of unbranched alkanes of at least 4 members (excludes halogenated alkanes) is 27. The summed E-state index contributed by atoms with van der Waals surface area (Å²) in [4.78, 5) is 77.5. The van der Waals surface area contributed by atoms with Gasteiger partial charge in [0, 0.05) is 37.8 Å². The number of alkyl carbamates (subject to hydrolysis) is 1. The molecule has 14 heteroatoms. The van der Waals surface area contributed by atoms with Gasteiger partial charge in [-0.15, -0.1) is 0 Å². The van der Waals surface area contributed by atoms with Gasteiger partial charge in [0.1, 0.15) is 36.0 Å². The first kappa shape index (κ1) is 67.0. The molecule has 0 aliphatic carbocycles. The van der Waals surface area contributed by atoms with Crippen molar-refractivity contribution < 1.29 is 47.7 Å². The Kier molecular flexibility index (Phi) is 41.7. The second kappa shape index (κ2) is 43.5. The van der Waals surface area contributed by atoms with Gasteiger partial charge in [-0.2, -0.15) is 11.8 Å². The molecule has 0 saturated carbocycles. The van der Waals surface area contributed by atoms with Gasteiger partial charge in [0.05, 0.1) is 0 Å². The Hall–Kier alpha value is -3.03. The fourth-order valence-corrected chi connectivity index (χ4v) is 9.06. The lowest BCUT2D eigenvalue weighted by molar-refractivity contribution is -0.160. The third kappa shape index (κ3) is 44.9. The van der Waals surface area contributed by atoms with E-state index in [2.05, 4.69) is 29.8 Å². The molecule has 70 heavy (non-hydrogen) atoms. The fraction of sp³-hybridized carbons (Fsp3) is 0.893. The summed E-state index contributed by atoms with van der Waals surface area (Å²) in [5, 5.41) is 8.15. The highest BCUT2D eigenvalue weighted by atomic mass is 32.2. The maximum absolute atomic E-state index is 13.7. The van der Waals surface area contributed by atoms with Crippen LogP contribution in [0, 0.1) is 0 Å². The Morgan fingerprint density at radius 3 is 1.34 bits per heavy atom. The molecule has 0 heterocycles. The summed E-state index contributed by atoms with van der Waals surface area (Å²) in [6.45, 7) is 16.4. The van der Waals surface area contributed by atoms with Gasteiger partial charge in [-0.05, 0) is 60.8 Å². The molecular weight excluding hydrogens is 907 g/mol. The van der Waals surface area contributed by atoms with Crippen LogP contribution in [0.2, 0.25) is 0 Å². The largest absolute Gasteiger partial charge is 0.460 e. The standard InChI is InChI=1S/C56H105N3O10S/c1-10-12-14-16-18-20-22-24-25-26-28-30-32-34-36-38-42-57-54(65)66-43-47(67-50(61)39-37-35-33-31-29-27-23-21-19-17-15-13-11-2)44-70-45-49(58-46(3)60)52(63)59-48(53(64)69-56(7,8)9)40-41-51(62)68-55(4,5)6/h47-49H,10-45H2,1-9H3,(H,57,65)(H,58,60)(H,59,63)/t47-,48+,49+/m1/s1. The second-order valence-electron chi connectivity index (χ2n) is 21.4. The Morgan fingerprint density at radius 1 is 0.486 bits per heavy atom. The molecule has 0 spiro atoms. The smallest absolute Gasteiger partial charge is 0.407 e. The van der Waals surface area contributed by atoms with Crippen molar-refractivity contribution in [3.05, 3.63) is 0 Å². The van der Waals surface area contributed by atoms with Gasteiger partial charge >= 0.3 is 24.0 Å². The molecule has 3 amide bonds. The first-order chi connectivity index (χ1) is 33.4. The van der Waals surface area contributed by atoms with Crippen molar-refractivity contribution in [1.82, 2.24) is 16.0 Å². The van der Waals surface area contributed by atoms with E-state index < -0.39 is 59.2 Å². The van der Waals surface area contributed by atoms with Crippen molar-refractivity contribution in [3.63, 3.8) is 0 Å². The van der Waals surface area contributed by atoms with E-state index >= 15 is 0 Å². The second-order valence-corrected chi connectivity index (χ2v) is 22.5. The number of amides is 3. The fourth-order valence-electron chi connectivity index (χ4n) is 8.03. The number of hydrogen-bond donors (Lipinski definition) is 3. The zero-order chi connectivity index (χ0) is 52.3. The van der Waals surface area contributed by atoms with Crippen LogP contribution in [0.25, 0.3) is 0 Å². The van der Waals surface area contributed by atoms with Gasteiger partial charge < -0.3 is 34.9 Å². The predicted molar refractivity (Wildman–Crippen MR) is 287 cm³/mol. The van der Waals surface area contributed by atoms with Crippen LogP contribution < -0.4 is 16.0 Å². The lowest BCUT2D eigenvalue weighted by atomic mass is 10.0. The topological polar surface area (TPSA) is 175 Å². The summed E-state index contributed by atoms with van der Waals surface area (Å²) in [6, 6.07) is -2.27. The zero-order valence-electron chi connectivity index (χ0n) is 46.2. The minimum atomic E-state index is -1.19. The summed E-state index contributed by atoms with van der Waals surface area (Å²) < 4.78 is 22.3. The van der Waals surface area contributed by atoms with Crippen molar-refractivity contribution in [2.24, 2.45) is 0 Å². The molecule has 0 bridgehead atoms. The monoisotopic (exact) mass is 1010 g/mol. The summed E-state index contributed by atoms with van der Waals surface area (Å²) in [7, 11) is 0. The van der Waals surface area contributed by atoms with Crippen molar-refractivity contribution in [1.29, 1.82) is 0 Å². The number of hydrogen-bond acceptors (Lipinski definition) is 11. The molecule has 3 N–H and O–H groups in total. The molecule has 0 aromatic carbocycles. The maximum Gasteiger partial charge on any atom is 0.407 e. The minimum absolute atomic E-state index is 0.0525. The van der Waals surface area contributed by atoms with E-state index in [4.69, 9.17) is 18.9 Å². The van der Waals surface area contributed by atoms with Crippen LogP contribution in [0.4, 0.5) is 4.79 Å². The van der Waals surface area contributed by atoms with Crippen LogP contribution in [0.5, 0.6) is 0 Å². The van der Waals surface area contributed by atoms with Crippen molar-refractivity contribution in [2.45, 2.75) is 297 Å². The van der Waals surface area contributed by atoms with E-state index in [1.807, 2.05) is 0 Å². The Balaban J connectivity index is 5.20. The van der Waals surface area contributed by atoms with E-state index in [0.717, 1.165) is 38.5 Å². The molecule has 3 atom stereocenters. The quantitative estimate of drug-likeness (QED) is 0.0301. The third-order valence-electron chi connectivity index (χ3n) is 11.8. The van der Waals surface area contributed by atoms with Crippen LogP contribution in [0.3, 0.4) is 0 Å². The number of carbonyl (C=O) groups is 6. The number of nitrogens with one attached hydrogen (secondary N) is 3. The van der Waals surface area contributed by atoms with Crippen molar-refractivity contribution >= 4 is 47.6 Å². The molecular formula is C56H105N3O10S. The number of carbonyl (C=O) groups excluding carboxylic acids is 6. The molecule has 0 saturated heterocycles. The van der Waals surface area contributed by atoms with Crippen LogP contribution in [-0.4, -0.2) is 89.9 Å². The third-order valence-corrected chi connectivity index (χ3v) is 13.0. The zero-order valence-corrected chi connectivity index (χ0v) is 47.0.